The predicted octanol–water partition coefficient (Wildman–Crippen LogP) is 2.26. The van der Waals surface area contributed by atoms with Crippen LogP contribution in [0.5, 0.6) is 0 Å². The second-order valence-electron chi connectivity index (χ2n) is 5.79. The van der Waals surface area contributed by atoms with E-state index < -0.39 is 15.4 Å². The maximum absolute atomic E-state index is 12.6. The molecule has 4 unspecified atom stereocenters. The Bertz CT molecular complexity index is 581. The van der Waals surface area contributed by atoms with Crippen LogP contribution in [-0.2, 0) is 9.84 Å². The van der Waals surface area contributed by atoms with Gasteiger partial charge >= 0.3 is 0 Å². The Hall–Kier alpha value is -0.200. The second kappa shape index (κ2) is 5.21. The summed E-state index contributed by atoms with van der Waals surface area (Å²) in [5.74, 6) is 1.00. The highest BCUT2D eigenvalue weighted by Crippen LogP contribution is 2.49. The summed E-state index contributed by atoms with van der Waals surface area (Å²) in [5.41, 5.74) is -0.702. The molecule has 0 radical (unpaired) electrons. The highest BCUT2D eigenvalue weighted by Gasteiger charge is 2.61. The number of allylic oxidation sites excluding steroid dienone is 1. The van der Waals surface area contributed by atoms with Crippen LogP contribution in [0.25, 0.3) is 0 Å². The maximum Gasteiger partial charge on any atom is 0.156 e. The summed E-state index contributed by atoms with van der Waals surface area (Å²) in [5, 5.41) is 3.69. The lowest BCUT2D eigenvalue weighted by Gasteiger charge is -2.33. The number of hydrogen-bond donors (Lipinski definition) is 1. The average molecular weight is 337 g/mol. The molecule has 1 aliphatic carbocycles. The first-order valence-electron chi connectivity index (χ1n) is 6.55. The maximum atomic E-state index is 12.6. The van der Waals surface area contributed by atoms with Gasteiger partial charge in [0.2, 0.25) is 0 Å². The Morgan fingerprint density at radius 1 is 1.55 bits per heavy atom. The van der Waals surface area contributed by atoms with Crippen LogP contribution >= 0.6 is 23.4 Å². The Balaban J connectivity index is 2.51. The molecule has 0 aromatic rings. The van der Waals surface area contributed by atoms with E-state index in [0.717, 1.165) is 10.7 Å². The number of aliphatic imine (C=N–C) groups is 1. The number of nitrogens with zero attached hydrogens (tertiary/aromatic N) is 1. The molecule has 1 aliphatic heterocycles. The van der Waals surface area contributed by atoms with E-state index in [4.69, 9.17) is 11.6 Å². The number of sulfone groups is 1. The van der Waals surface area contributed by atoms with Gasteiger partial charge in [-0.05, 0) is 26.0 Å². The molecule has 0 spiro atoms. The number of rotatable bonds is 2. The van der Waals surface area contributed by atoms with Gasteiger partial charge < -0.3 is 5.32 Å². The van der Waals surface area contributed by atoms with E-state index in [1.807, 2.05) is 20.1 Å². The van der Waals surface area contributed by atoms with Crippen molar-refractivity contribution in [2.45, 2.75) is 31.6 Å². The number of hydrogen-bond acceptors (Lipinski definition) is 4. The van der Waals surface area contributed by atoms with Crippen molar-refractivity contribution in [3.05, 3.63) is 9.94 Å². The lowest BCUT2D eigenvalue weighted by Crippen LogP contribution is -2.51. The summed E-state index contributed by atoms with van der Waals surface area (Å²) in [6.07, 6.45) is 1.91. The zero-order valence-electron chi connectivity index (χ0n) is 12.4. The summed E-state index contributed by atoms with van der Waals surface area (Å²) < 4.78 is 25.2. The van der Waals surface area contributed by atoms with Crippen LogP contribution in [0.15, 0.2) is 14.9 Å². The van der Waals surface area contributed by atoms with Gasteiger partial charge in [-0.1, -0.05) is 18.5 Å². The summed E-state index contributed by atoms with van der Waals surface area (Å²) in [6, 6.07) is 0. The van der Waals surface area contributed by atoms with Gasteiger partial charge in [0.05, 0.1) is 16.5 Å². The Labute approximate surface area is 130 Å². The summed E-state index contributed by atoms with van der Waals surface area (Å²) in [6.45, 7) is 5.66. The molecule has 4 atom stereocenters. The molecule has 0 aromatic carbocycles. The van der Waals surface area contributed by atoms with Gasteiger partial charge in [0, 0.05) is 22.9 Å². The average Bonchev–Trinajstić information content (AvgIpc) is 2.99. The molecule has 2 aliphatic rings. The van der Waals surface area contributed by atoms with E-state index in [2.05, 4.69) is 10.3 Å². The van der Waals surface area contributed by atoms with Crippen LogP contribution in [0.2, 0.25) is 0 Å². The highest BCUT2D eigenvalue weighted by molar-refractivity contribution is 8.02. The lowest BCUT2D eigenvalue weighted by molar-refractivity contribution is 0.535. The monoisotopic (exact) mass is 336 g/mol. The molecule has 1 saturated carbocycles. The third-order valence-electron chi connectivity index (χ3n) is 4.18. The van der Waals surface area contributed by atoms with Gasteiger partial charge in [-0.15, -0.1) is 11.8 Å². The molecule has 7 heteroatoms. The fourth-order valence-corrected chi connectivity index (χ4v) is 7.51. The SMILES string of the molecule is CN=C1NC(C)(C(SC)=C(C)Cl)CS(=O)(=O)C2C(C)C12. The van der Waals surface area contributed by atoms with Crippen LogP contribution < -0.4 is 5.32 Å². The zero-order chi connectivity index (χ0) is 15.3. The second-order valence-corrected chi connectivity index (χ2v) is 9.33. The first-order chi connectivity index (χ1) is 9.18. The number of fused-ring (bicyclic) bond motifs is 1. The van der Waals surface area contributed by atoms with Crippen molar-refractivity contribution in [1.29, 1.82) is 0 Å². The molecule has 0 amide bonds. The molecule has 0 bridgehead atoms. The van der Waals surface area contributed by atoms with Crippen molar-refractivity contribution >= 4 is 39.0 Å². The molecule has 0 aromatic heterocycles. The minimum atomic E-state index is -3.16. The third kappa shape index (κ3) is 2.50. The molecular weight excluding hydrogens is 316 g/mol. The topological polar surface area (TPSA) is 58.5 Å². The van der Waals surface area contributed by atoms with Crippen molar-refractivity contribution in [1.82, 2.24) is 5.32 Å². The first-order valence-corrected chi connectivity index (χ1v) is 9.87. The summed E-state index contributed by atoms with van der Waals surface area (Å²) in [4.78, 5) is 5.14. The van der Waals surface area contributed by atoms with E-state index in [1.165, 1.54) is 11.8 Å². The third-order valence-corrected chi connectivity index (χ3v) is 8.18. The van der Waals surface area contributed by atoms with Gasteiger partial charge in [-0.3, -0.25) is 4.99 Å². The van der Waals surface area contributed by atoms with Crippen LogP contribution in [0.3, 0.4) is 0 Å². The molecular formula is C13H21ClN2O2S2. The van der Waals surface area contributed by atoms with Gasteiger partial charge in [0.1, 0.15) is 5.84 Å². The fraction of sp³-hybridized carbons (Fsp3) is 0.769. The van der Waals surface area contributed by atoms with Crippen molar-refractivity contribution < 1.29 is 8.42 Å². The largest absolute Gasteiger partial charge is 0.363 e. The standard InChI is InChI=1S/C13H21ClN2O2S2/c1-7-9-10(7)20(17,18)6-13(3,16-12(9)15-4)11(19-5)8(2)14/h7,9-10H,6H2,1-5H3,(H,15,16). The van der Waals surface area contributed by atoms with Gasteiger partial charge in [0.25, 0.3) is 0 Å². The number of amidine groups is 1. The molecule has 4 nitrogen and oxygen atoms in total. The Morgan fingerprint density at radius 2 is 2.15 bits per heavy atom. The van der Waals surface area contributed by atoms with E-state index in [1.54, 1.807) is 14.0 Å². The van der Waals surface area contributed by atoms with Crippen molar-refractivity contribution in [3.63, 3.8) is 0 Å². The fourth-order valence-electron chi connectivity index (χ4n) is 3.36. The van der Waals surface area contributed by atoms with Gasteiger partial charge in [-0.2, -0.15) is 0 Å². The minimum absolute atomic E-state index is 0.00515. The number of thioether (sulfide) groups is 1. The zero-order valence-corrected chi connectivity index (χ0v) is 14.8. The predicted molar refractivity (Wildman–Crippen MR) is 87.2 cm³/mol. The number of halogens is 1. The van der Waals surface area contributed by atoms with E-state index in [-0.39, 0.29) is 22.8 Å². The molecule has 20 heavy (non-hydrogen) atoms. The van der Waals surface area contributed by atoms with E-state index in [9.17, 15) is 8.42 Å². The van der Waals surface area contributed by atoms with Gasteiger partial charge in [-0.25, -0.2) is 8.42 Å². The van der Waals surface area contributed by atoms with Crippen molar-refractivity contribution in [3.8, 4) is 0 Å². The molecule has 2 rings (SSSR count). The van der Waals surface area contributed by atoms with E-state index >= 15 is 0 Å². The van der Waals surface area contributed by atoms with Crippen LogP contribution in [-0.4, -0.2) is 44.1 Å². The Kier molecular flexibility index (Phi) is 4.22. The molecule has 114 valence electrons. The van der Waals surface area contributed by atoms with Crippen LogP contribution in [0.1, 0.15) is 20.8 Å². The molecule has 1 N–H and O–H groups in total. The van der Waals surface area contributed by atoms with E-state index in [0.29, 0.717) is 5.03 Å². The van der Waals surface area contributed by atoms with Crippen LogP contribution in [0.4, 0.5) is 0 Å². The smallest absolute Gasteiger partial charge is 0.156 e. The van der Waals surface area contributed by atoms with Crippen molar-refractivity contribution in [2.75, 3.05) is 19.1 Å². The first kappa shape index (κ1) is 16.2. The molecule has 2 fully saturated rings. The highest BCUT2D eigenvalue weighted by atomic mass is 35.5. The Morgan fingerprint density at radius 3 is 2.60 bits per heavy atom. The quantitative estimate of drug-likeness (QED) is 0.840. The summed E-state index contributed by atoms with van der Waals surface area (Å²) in [7, 11) is -1.45. The normalized spacial score (nSPS) is 42.3. The van der Waals surface area contributed by atoms with Gasteiger partial charge in [0.15, 0.2) is 9.84 Å². The van der Waals surface area contributed by atoms with Crippen molar-refractivity contribution in [2.24, 2.45) is 16.8 Å². The molecule has 1 saturated heterocycles. The van der Waals surface area contributed by atoms with Crippen LogP contribution in [0, 0.1) is 11.8 Å². The minimum Gasteiger partial charge on any atom is -0.363 e. The lowest BCUT2D eigenvalue weighted by atomic mass is 10.0. The molecule has 1 heterocycles. The summed E-state index contributed by atoms with van der Waals surface area (Å²) >= 11 is 7.65. The number of nitrogens with one attached hydrogen (secondary N) is 1.